The van der Waals surface area contributed by atoms with Crippen LogP contribution in [0.3, 0.4) is 0 Å². The number of nitrogens with two attached hydrogens (primary N) is 1. The minimum atomic E-state index is -0.430. The first kappa shape index (κ1) is 15.7. The highest BCUT2D eigenvalue weighted by molar-refractivity contribution is 5.98. The second-order valence-corrected chi connectivity index (χ2v) is 5.62. The molecule has 2 rings (SSSR count). The van der Waals surface area contributed by atoms with E-state index in [2.05, 4.69) is 5.16 Å². The molecule has 116 valence electrons. The van der Waals surface area contributed by atoms with E-state index in [1.165, 1.54) is 12.1 Å². The van der Waals surface area contributed by atoms with Gasteiger partial charge in [0.1, 0.15) is 5.82 Å². The Morgan fingerprint density at radius 3 is 2.81 bits per heavy atom. The second-order valence-electron chi connectivity index (χ2n) is 5.62. The highest BCUT2D eigenvalue weighted by atomic mass is 19.1. The minimum absolute atomic E-state index is 0.0870. The number of aliphatic hydroxyl groups excluding tert-OH is 1. The number of nitrogens with zero attached hydrogens (tertiary/aromatic N) is 2. The van der Waals surface area contributed by atoms with Gasteiger partial charge in [0.05, 0.1) is 6.10 Å². The summed E-state index contributed by atoms with van der Waals surface area (Å²) in [6.45, 7) is 0.508. The summed E-state index contributed by atoms with van der Waals surface area (Å²) in [4.78, 5) is 2.05. The summed E-state index contributed by atoms with van der Waals surface area (Å²) in [6.07, 6.45) is 3.57. The maximum Gasteiger partial charge on any atom is 0.170 e. The summed E-state index contributed by atoms with van der Waals surface area (Å²) >= 11 is 0. The summed E-state index contributed by atoms with van der Waals surface area (Å²) in [5.41, 5.74) is 6.77. The van der Waals surface area contributed by atoms with Gasteiger partial charge in [0.25, 0.3) is 0 Å². The molecule has 0 aliphatic heterocycles. The predicted octanol–water partition coefficient (Wildman–Crippen LogP) is 1.66. The number of hydrogen-bond acceptors (Lipinski definition) is 4. The van der Waals surface area contributed by atoms with Crippen LogP contribution in [0.4, 0.5) is 4.39 Å². The van der Waals surface area contributed by atoms with Crippen molar-refractivity contribution in [3.8, 4) is 0 Å². The molecule has 0 amide bonds. The van der Waals surface area contributed by atoms with E-state index in [1.807, 2.05) is 11.9 Å². The Labute approximate surface area is 123 Å². The van der Waals surface area contributed by atoms with Crippen molar-refractivity contribution in [2.75, 3.05) is 7.05 Å². The third kappa shape index (κ3) is 3.71. The lowest BCUT2D eigenvalue weighted by Crippen LogP contribution is -2.43. The molecule has 4 N–H and O–H groups in total. The topological polar surface area (TPSA) is 82.1 Å². The normalized spacial score (nSPS) is 23.5. The number of rotatable bonds is 4. The minimum Gasteiger partial charge on any atom is -0.409 e. The molecule has 1 aromatic carbocycles. The van der Waals surface area contributed by atoms with Gasteiger partial charge in [-0.2, -0.15) is 0 Å². The molecular weight excluding hydrogens is 273 g/mol. The Kier molecular flexibility index (Phi) is 5.14. The van der Waals surface area contributed by atoms with Crippen molar-refractivity contribution in [3.63, 3.8) is 0 Å². The van der Waals surface area contributed by atoms with Crippen LogP contribution in [-0.4, -0.2) is 40.2 Å². The van der Waals surface area contributed by atoms with Crippen LogP contribution in [0.25, 0.3) is 0 Å². The van der Waals surface area contributed by atoms with E-state index in [1.54, 1.807) is 6.07 Å². The van der Waals surface area contributed by atoms with Gasteiger partial charge in [0.2, 0.25) is 0 Å². The number of amidine groups is 1. The Morgan fingerprint density at radius 2 is 2.14 bits per heavy atom. The zero-order valence-electron chi connectivity index (χ0n) is 12.2. The lowest BCUT2D eigenvalue weighted by molar-refractivity contribution is 0.0288. The Balaban J connectivity index is 2.18. The number of benzene rings is 1. The second kappa shape index (κ2) is 6.87. The molecule has 0 radical (unpaired) electrons. The van der Waals surface area contributed by atoms with E-state index in [-0.39, 0.29) is 18.0 Å². The van der Waals surface area contributed by atoms with Gasteiger partial charge in [-0.25, -0.2) is 4.39 Å². The van der Waals surface area contributed by atoms with Crippen molar-refractivity contribution in [2.24, 2.45) is 10.9 Å². The van der Waals surface area contributed by atoms with Crippen LogP contribution in [0.2, 0.25) is 0 Å². The molecule has 1 saturated carbocycles. The van der Waals surface area contributed by atoms with Gasteiger partial charge in [0, 0.05) is 18.2 Å². The summed E-state index contributed by atoms with van der Waals surface area (Å²) in [7, 11) is 1.93. The third-order valence-corrected chi connectivity index (χ3v) is 4.14. The van der Waals surface area contributed by atoms with Gasteiger partial charge in [-0.05, 0) is 37.6 Å². The van der Waals surface area contributed by atoms with Crippen LogP contribution < -0.4 is 5.73 Å². The molecule has 21 heavy (non-hydrogen) atoms. The molecule has 1 aliphatic carbocycles. The largest absolute Gasteiger partial charge is 0.409 e. The maximum atomic E-state index is 13.4. The van der Waals surface area contributed by atoms with Gasteiger partial charge in [-0.15, -0.1) is 0 Å². The number of oxime groups is 1. The molecule has 0 aromatic heterocycles. The Hall–Kier alpha value is -1.66. The third-order valence-electron chi connectivity index (χ3n) is 4.14. The van der Waals surface area contributed by atoms with Crippen LogP contribution in [-0.2, 0) is 6.54 Å². The summed E-state index contributed by atoms with van der Waals surface area (Å²) < 4.78 is 13.4. The highest BCUT2D eigenvalue weighted by Crippen LogP contribution is 2.24. The van der Waals surface area contributed by atoms with E-state index >= 15 is 0 Å². The molecule has 2 atom stereocenters. The fraction of sp³-hybridized carbons (Fsp3) is 0.533. The van der Waals surface area contributed by atoms with Crippen molar-refractivity contribution in [1.82, 2.24) is 4.90 Å². The standard InChI is InChI=1S/C15H22FN3O2/c1-19(13-4-2-3-5-14(13)20)9-10-6-7-11(16)8-12(10)15(17)18-21/h6-8,13-14,20-21H,2-5,9H2,1H3,(H2,17,18). The van der Waals surface area contributed by atoms with Gasteiger partial charge in [0.15, 0.2) is 5.84 Å². The fourth-order valence-electron chi connectivity index (χ4n) is 2.97. The number of hydrogen-bond donors (Lipinski definition) is 3. The fourth-order valence-corrected chi connectivity index (χ4v) is 2.97. The molecular formula is C15H22FN3O2. The summed E-state index contributed by atoms with van der Waals surface area (Å²) in [6, 6.07) is 4.34. The van der Waals surface area contributed by atoms with E-state index in [0.29, 0.717) is 12.1 Å². The van der Waals surface area contributed by atoms with Crippen molar-refractivity contribution in [2.45, 2.75) is 44.4 Å². The lowest BCUT2D eigenvalue weighted by Gasteiger charge is -2.35. The van der Waals surface area contributed by atoms with Crippen molar-refractivity contribution in [3.05, 3.63) is 35.1 Å². The highest BCUT2D eigenvalue weighted by Gasteiger charge is 2.27. The van der Waals surface area contributed by atoms with E-state index in [9.17, 15) is 9.50 Å². The van der Waals surface area contributed by atoms with Crippen LogP contribution in [0, 0.1) is 5.82 Å². The molecule has 1 fully saturated rings. The average molecular weight is 295 g/mol. The number of halogens is 1. The van der Waals surface area contributed by atoms with Gasteiger partial charge >= 0.3 is 0 Å². The number of likely N-dealkylation sites (N-methyl/N-ethyl adjacent to an activating group) is 1. The van der Waals surface area contributed by atoms with E-state index in [0.717, 1.165) is 31.2 Å². The molecule has 0 saturated heterocycles. The van der Waals surface area contributed by atoms with E-state index in [4.69, 9.17) is 10.9 Å². The van der Waals surface area contributed by atoms with E-state index < -0.39 is 5.82 Å². The van der Waals surface area contributed by atoms with Crippen LogP contribution in [0.1, 0.15) is 36.8 Å². The first-order valence-corrected chi connectivity index (χ1v) is 7.17. The van der Waals surface area contributed by atoms with Crippen LogP contribution in [0.5, 0.6) is 0 Å². The molecule has 6 heteroatoms. The van der Waals surface area contributed by atoms with Gasteiger partial charge < -0.3 is 16.0 Å². The first-order valence-electron chi connectivity index (χ1n) is 7.17. The monoisotopic (exact) mass is 295 g/mol. The van der Waals surface area contributed by atoms with Crippen molar-refractivity contribution < 1.29 is 14.7 Å². The maximum absolute atomic E-state index is 13.4. The molecule has 1 aliphatic rings. The van der Waals surface area contributed by atoms with Gasteiger partial charge in [-0.3, -0.25) is 4.90 Å². The zero-order valence-corrected chi connectivity index (χ0v) is 12.2. The SMILES string of the molecule is CN(Cc1ccc(F)cc1/C(N)=N/O)C1CCCCC1O. The molecule has 1 aromatic rings. The Bertz CT molecular complexity index is 522. The summed E-state index contributed by atoms with van der Waals surface area (Å²) in [5, 5.41) is 21.9. The first-order chi connectivity index (χ1) is 10.0. The predicted molar refractivity (Wildman–Crippen MR) is 78.6 cm³/mol. The van der Waals surface area contributed by atoms with Crippen molar-refractivity contribution in [1.29, 1.82) is 0 Å². The zero-order chi connectivity index (χ0) is 15.4. The molecule has 0 bridgehead atoms. The quantitative estimate of drug-likeness (QED) is 0.341. The molecule has 2 unspecified atom stereocenters. The Morgan fingerprint density at radius 1 is 1.43 bits per heavy atom. The van der Waals surface area contributed by atoms with Crippen LogP contribution >= 0.6 is 0 Å². The molecule has 0 heterocycles. The number of aliphatic hydroxyl groups is 1. The molecule has 0 spiro atoms. The smallest absolute Gasteiger partial charge is 0.170 e. The lowest BCUT2D eigenvalue weighted by atomic mass is 9.91. The summed E-state index contributed by atoms with van der Waals surface area (Å²) in [5.74, 6) is -0.539. The van der Waals surface area contributed by atoms with Crippen molar-refractivity contribution >= 4 is 5.84 Å². The van der Waals surface area contributed by atoms with Gasteiger partial charge in [-0.1, -0.05) is 24.1 Å². The molecule has 5 nitrogen and oxygen atoms in total. The average Bonchev–Trinajstić information content (AvgIpc) is 2.48. The van der Waals surface area contributed by atoms with Crippen LogP contribution in [0.15, 0.2) is 23.4 Å².